The van der Waals surface area contributed by atoms with Crippen molar-refractivity contribution in [2.75, 3.05) is 40.0 Å². The predicted octanol–water partition coefficient (Wildman–Crippen LogP) is 3.19. The zero-order chi connectivity index (χ0) is 16.6. The fourth-order valence-electron chi connectivity index (χ4n) is 1.96. The van der Waals surface area contributed by atoms with Crippen LogP contribution in [-0.2, 0) is 16.1 Å². The number of aliphatic imine (C=N–C) groups is 1. The van der Waals surface area contributed by atoms with Crippen molar-refractivity contribution in [2.24, 2.45) is 4.99 Å². The first-order chi connectivity index (χ1) is 11.4. The molecule has 0 fully saturated rings. The molecule has 0 aliphatic carbocycles. The molecule has 24 heavy (non-hydrogen) atoms. The standard InChI is InChI=1S/C18H31N3O2.HI/c1-3-4-13-22-14-8-11-20-18(19-2)21-12-15-23-16-17-9-6-5-7-10-17;/h5-7,9-10H,3-4,8,11-16H2,1-2H3,(H2,19,20,21);1H. The molecule has 0 heterocycles. The smallest absolute Gasteiger partial charge is 0.191 e. The fraction of sp³-hybridized carbons (Fsp3) is 0.611. The SMILES string of the molecule is CCCCOCCCNC(=NC)NCCOCc1ccccc1.I. The number of rotatable bonds is 12. The summed E-state index contributed by atoms with van der Waals surface area (Å²) in [6.45, 7) is 6.71. The summed E-state index contributed by atoms with van der Waals surface area (Å²) in [5, 5.41) is 6.51. The molecule has 0 unspecified atom stereocenters. The molecular weight excluding hydrogens is 417 g/mol. The second-order valence-corrected chi connectivity index (χ2v) is 5.28. The van der Waals surface area contributed by atoms with E-state index in [1.165, 1.54) is 12.0 Å². The zero-order valence-electron chi connectivity index (χ0n) is 14.9. The molecule has 0 aliphatic heterocycles. The van der Waals surface area contributed by atoms with Crippen LogP contribution < -0.4 is 10.6 Å². The van der Waals surface area contributed by atoms with Crippen LogP contribution in [0, 0.1) is 0 Å². The van der Waals surface area contributed by atoms with Crippen LogP contribution in [0.15, 0.2) is 35.3 Å². The van der Waals surface area contributed by atoms with Gasteiger partial charge in [0.05, 0.1) is 13.2 Å². The molecule has 2 N–H and O–H groups in total. The van der Waals surface area contributed by atoms with Crippen molar-refractivity contribution in [2.45, 2.75) is 32.8 Å². The summed E-state index contributed by atoms with van der Waals surface area (Å²) in [6, 6.07) is 10.2. The highest BCUT2D eigenvalue weighted by molar-refractivity contribution is 14.0. The Morgan fingerprint density at radius 1 is 0.958 bits per heavy atom. The third-order valence-electron chi connectivity index (χ3n) is 3.27. The highest BCUT2D eigenvalue weighted by Crippen LogP contribution is 1.99. The molecule has 1 aromatic rings. The predicted molar refractivity (Wildman–Crippen MR) is 111 cm³/mol. The lowest BCUT2D eigenvalue weighted by molar-refractivity contribution is 0.125. The summed E-state index contributed by atoms with van der Waals surface area (Å²) >= 11 is 0. The zero-order valence-corrected chi connectivity index (χ0v) is 17.3. The van der Waals surface area contributed by atoms with Crippen molar-refractivity contribution < 1.29 is 9.47 Å². The monoisotopic (exact) mass is 449 g/mol. The van der Waals surface area contributed by atoms with Gasteiger partial charge in [-0.05, 0) is 18.4 Å². The van der Waals surface area contributed by atoms with Crippen molar-refractivity contribution in [1.82, 2.24) is 10.6 Å². The molecular formula is C18H32IN3O2. The van der Waals surface area contributed by atoms with Gasteiger partial charge in [-0.2, -0.15) is 0 Å². The molecule has 0 bridgehead atoms. The van der Waals surface area contributed by atoms with E-state index in [1.54, 1.807) is 7.05 Å². The van der Waals surface area contributed by atoms with Crippen LogP contribution >= 0.6 is 24.0 Å². The van der Waals surface area contributed by atoms with E-state index >= 15 is 0 Å². The normalized spacial score (nSPS) is 11.0. The summed E-state index contributed by atoms with van der Waals surface area (Å²) < 4.78 is 11.2. The fourth-order valence-corrected chi connectivity index (χ4v) is 1.96. The summed E-state index contributed by atoms with van der Waals surface area (Å²) in [5.41, 5.74) is 1.19. The summed E-state index contributed by atoms with van der Waals surface area (Å²) in [7, 11) is 1.78. The molecule has 6 heteroatoms. The second-order valence-electron chi connectivity index (χ2n) is 5.28. The molecule has 0 aliphatic rings. The Morgan fingerprint density at radius 2 is 1.67 bits per heavy atom. The number of nitrogens with zero attached hydrogens (tertiary/aromatic N) is 1. The van der Waals surface area contributed by atoms with E-state index in [4.69, 9.17) is 9.47 Å². The average molecular weight is 449 g/mol. The number of guanidine groups is 1. The maximum atomic E-state index is 5.63. The number of hydrogen-bond acceptors (Lipinski definition) is 3. The quantitative estimate of drug-likeness (QED) is 0.223. The highest BCUT2D eigenvalue weighted by Gasteiger charge is 1.97. The average Bonchev–Trinajstić information content (AvgIpc) is 2.59. The van der Waals surface area contributed by atoms with Crippen LogP contribution in [0.5, 0.6) is 0 Å². The maximum Gasteiger partial charge on any atom is 0.191 e. The van der Waals surface area contributed by atoms with E-state index in [9.17, 15) is 0 Å². The van der Waals surface area contributed by atoms with Crippen molar-refractivity contribution in [3.8, 4) is 0 Å². The van der Waals surface area contributed by atoms with E-state index in [0.717, 1.165) is 45.1 Å². The molecule has 0 saturated carbocycles. The molecule has 1 aromatic carbocycles. The van der Waals surface area contributed by atoms with Gasteiger partial charge in [-0.3, -0.25) is 4.99 Å². The Hall–Kier alpha value is -0.860. The Morgan fingerprint density at radius 3 is 2.38 bits per heavy atom. The lowest BCUT2D eigenvalue weighted by Gasteiger charge is -2.12. The van der Waals surface area contributed by atoms with Gasteiger partial charge in [0.25, 0.3) is 0 Å². The van der Waals surface area contributed by atoms with Gasteiger partial charge < -0.3 is 20.1 Å². The third kappa shape index (κ3) is 12.5. The van der Waals surface area contributed by atoms with E-state index < -0.39 is 0 Å². The molecule has 0 atom stereocenters. The van der Waals surface area contributed by atoms with E-state index in [1.807, 2.05) is 18.2 Å². The minimum Gasteiger partial charge on any atom is -0.381 e. The lowest BCUT2D eigenvalue weighted by Crippen LogP contribution is -2.39. The largest absolute Gasteiger partial charge is 0.381 e. The number of halogens is 1. The Labute approximate surface area is 163 Å². The lowest BCUT2D eigenvalue weighted by atomic mass is 10.2. The Bertz CT molecular complexity index is 416. The molecule has 1 rings (SSSR count). The molecule has 0 amide bonds. The minimum absolute atomic E-state index is 0. The molecule has 0 radical (unpaired) electrons. The summed E-state index contributed by atoms with van der Waals surface area (Å²) in [6.07, 6.45) is 3.30. The number of hydrogen-bond donors (Lipinski definition) is 2. The molecule has 0 spiro atoms. The van der Waals surface area contributed by atoms with Gasteiger partial charge in [-0.1, -0.05) is 43.7 Å². The second kappa shape index (κ2) is 17.0. The van der Waals surface area contributed by atoms with E-state index in [-0.39, 0.29) is 24.0 Å². The number of unbranched alkanes of at least 4 members (excludes halogenated alkanes) is 1. The first-order valence-electron chi connectivity index (χ1n) is 8.50. The Kier molecular flexibility index (Phi) is 16.4. The number of benzene rings is 1. The third-order valence-corrected chi connectivity index (χ3v) is 3.27. The van der Waals surface area contributed by atoms with Crippen LogP contribution in [0.2, 0.25) is 0 Å². The van der Waals surface area contributed by atoms with E-state index in [2.05, 4.69) is 34.7 Å². The van der Waals surface area contributed by atoms with Crippen molar-refractivity contribution >= 4 is 29.9 Å². The van der Waals surface area contributed by atoms with Crippen LogP contribution in [0.1, 0.15) is 31.7 Å². The first kappa shape index (κ1) is 23.1. The van der Waals surface area contributed by atoms with Gasteiger partial charge in [0.2, 0.25) is 0 Å². The van der Waals surface area contributed by atoms with Gasteiger partial charge >= 0.3 is 0 Å². The maximum absolute atomic E-state index is 5.63. The van der Waals surface area contributed by atoms with Crippen molar-refractivity contribution in [1.29, 1.82) is 0 Å². The number of nitrogens with one attached hydrogen (secondary N) is 2. The van der Waals surface area contributed by atoms with Crippen LogP contribution in [0.25, 0.3) is 0 Å². The summed E-state index contributed by atoms with van der Waals surface area (Å²) in [5.74, 6) is 0.807. The summed E-state index contributed by atoms with van der Waals surface area (Å²) in [4.78, 5) is 4.19. The van der Waals surface area contributed by atoms with Gasteiger partial charge in [0.15, 0.2) is 5.96 Å². The van der Waals surface area contributed by atoms with Crippen LogP contribution in [-0.4, -0.2) is 45.9 Å². The van der Waals surface area contributed by atoms with Crippen LogP contribution in [0.4, 0.5) is 0 Å². The van der Waals surface area contributed by atoms with Crippen LogP contribution in [0.3, 0.4) is 0 Å². The van der Waals surface area contributed by atoms with E-state index in [0.29, 0.717) is 13.2 Å². The van der Waals surface area contributed by atoms with Gasteiger partial charge in [-0.15, -0.1) is 24.0 Å². The molecule has 0 aromatic heterocycles. The molecule has 0 saturated heterocycles. The van der Waals surface area contributed by atoms with Gasteiger partial charge in [-0.25, -0.2) is 0 Å². The topological polar surface area (TPSA) is 54.9 Å². The van der Waals surface area contributed by atoms with Crippen molar-refractivity contribution in [3.63, 3.8) is 0 Å². The van der Waals surface area contributed by atoms with Gasteiger partial charge in [0, 0.05) is 33.4 Å². The van der Waals surface area contributed by atoms with Gasteiger partial charge in [0.1, 0.15) is 0 Å². The Balaban J connectivity index is 0.00000529. The molecule has 138 valence electrons. The number of ether oxygens (including phenoxy) is 2. The minimum atomic E-state index is 0. The van der Waals surface area contributed by atoms with Crippen molar-refractivity contribution in [3.05, 3.63) is 35.9 Å². The first-order valence-corrected chi connectivity index (χ1v) is 8.50. The highest BCUT2D eigenvalue weighted by atomic mass is 127. The molecule has 5 nitrogen and oxygen atoms in total.